The first-order valence-electron chi connectivity index (χ1n) is 8.77. The van der Waals surface area contributed by atoms with E-state index in [9.17, 15) is 5.11 Å². The lowest BCUT2D eigenvalue weighted by Crippen LogP contribution is -2.34. The van der Waals surface area contributed by atoms with E-state index in [2.05, 4.69) is 26.8 Å². The highest BCUT2D eigenvalue weighted by atomic mass is 16.5. The molecule has 0 fully saturated rings. The van der Waals surface area contributed by atoms with E-state index in [1.807, 2.05) is 13.0 Å². The van der Waals surface area contributed by atoms with Gasteiger partial charge in [0.05, 0.1) is 5.56 Å². The summed E-state index contributed by atoms with van der Waals surface area (Å²) >= 11 is 0. The van der Waals surface area contributed by atoms with E-state index >= 15 is 0 Å². The Bertz CT molecular complexity index is 585. The molecule has 0 saturated heterocycles. The summed E-state index contributed by atoms with van der Waals surface area (Å²) in [6.45, 7) is 8.53. The minimum Gasteiger partial charge on any atom is -0.507 e. The van der Waals surface area contributed by atoms with Crippen LogP contribution in [-0.4, -0.2) is 22.4 Å². The van der Waals surface area contributed by atoms with Crippen molar-refractivity contribution in [3.63, 3.8) is 0 Å². The van der Waals surface area contributed by atoms with Gasteiger partial charge in [0.1, 0.15) is 17.1 Å². The number of allylic oxidation sites excluding steroid dienone is 1. The van der Waals surface area contributed by atoms with E-state index in [1.54, 1.807) is 0 Å². The second-order valence-electron chi connectivity index (χ2n) is 6.99. The molecule has 1 aliphatic rings. The van der Waals surface area contributed by atoms with Crippen LogP contribution in [0.3, 0.4) is 0 Å². The summed E-state index contributed by atoms with van der Waals surface area (Å²) in [4.78, 5) is 0. The molecule has 0 spiro atoms. The molecule has 2 N–H and O–H groups in total. The van der Waals surface area contributed by atoms with E-state index < -0.39 is 5.60 Å². The van der Waals surface area contributed by atoms with Crippen LogP contribution in [0.25, 0.3) is 5.57 Å². The van der Waals surface area contributed by atoms with Crippen LogP contribution in [0.2, 0.25) is 0 Å². The third-order valence-corrected chi connectivity index (χ3v) is 4.71. The molecule has 0 unspecified atom stereocenters. The van der Waals surface area contributed by atoms with Crippen LogP contribution in [0.15, 0.2) is 17.7 Å². The van der Waals surface area contributed by atoms with Gasteiger partial charge in [-0.15, -0.1) is 0 Å². The second-order valence-corrected chi connectivity index (χ2v) is 6.99. The molecular weight excluding hydrogens is 288 g/mol. The average Bonchev–Trinajstić information content (AvgIpc) is 2.45. The van der Waals surface area contributed by atoms with Crippen molar-refractivity contribution in [2.45, 2.75) is 71.8 Å². The number of ether oxygens (including phenoxy) is 1. The number of aliphatic hydroxyl groups excluding tert-OH is 1. The standard InChI is InChI=1S/C20H30O3/c1-5-6-7-9-15-12-17(22)19-14(2)16(10-8-11-21)20(3,4)23-18(19)13-15/h12-13,21-22H,5-11H2,1-4H3. The topological polar surface area (TPSA) is 49.7 Å². The van der Waals surface area contributed by atoms with Crippen molar-refractivity contribution in [2.24, 2.45) is 0 Å². The molecule has 0 aliphatic carbocycles. The Morgan fingerprint density at radius 1 is 1.09 bits per heavy atom. The van der Waals surface area contributed by atoms with Gasteiger partial charge < -0.3 is 14.9 Å². The zero-order valence-corrected chi connectivity index (χ0v) is 14.9. The summed E-state index contributed by atoms with van der Waals surface area (Å²) in [5, 5.41) is 19.6. The maximum Gasteiger partial charge on any atom is 0.132 e. The van der Waals surface area contributed by atoms with Crippen LogP contribution >= 0.6 is 0 Å². The zero-order valence-electron chi connectivity index (χ0n) is 14.9. The second kappa shape index (κ2) is 7.39. The van der Waals surface area contributed by atoms with Gasteiger partial charge in [-0.1, -0.05) is 19.8 Å². The van der Waals surface area contributed by atoms with Gasteiger partial charge in [0.25, 0.3) is 0 Å². The Morgan fingerprint density at radius 3 is 2.48 bits per heavy atom. The Balaban J connectivity index is 2.38. The maximum atomic E-state index is 10.5. The number of phenolic OH excluding ortho intramolecular Hbond substituents is 1. The van der Waals surface area contributed by atoms with Crippen LogP contribution in [-0.2, 0) is 6.42 Å². The summed E-state index contributed by atoms with van der Waals surface area (Å²) in [5.41, 5.74) is 3.80. The van der Waals surface area contributed by atoms with Gasteiger partial charge in [-0.2, -0.15) is 0 Å². The van der Waals surface area contributed by atoms with E-state index in [0.29, 0.717) is 12.2 Å². The molecule has 0 amide bonds. The average molecular weight is 318 g/mol. The molecule has 0 aromatic heterocycles. The summed E-state index contributed by atoms with van der Waals surface area (Å²) in [5.74, 6) is 1.09. The number of fused-ring (bicyclic) bond motifs is 1. The lowest BCUT2D eigenvalue weighted by molar-refractivity contribution is 0.137. The molecule has 0 bridgehead atoms. The first kappa shape index (κ1) is 17.9. The predicted octanol–water partition coefficient (Wildman–Crippen LogP) is 4.84. The Kier molecular flexibility index (Phi) is 5.74. The summed E-state index contributed by atoms with van der Waals surface area (Å²) in [6.07, 6.45) is 6.00. The van der Waals surface area contributed by atoms with Crippen molar-refractivity contribution >= 4 is 5.57 Å². The molecule has 1 aromatic rings. The molecular formula is C20H30O3. The highest BCUT2D eigenvalue weighted by molar-refractivity contribution is 5.79. The van der Waals surface area contributed by atoms with Crippen molar-refractivity contribution in [3.8, 4) is 11.5 Å². The molecule has 1 aromatic carbocycles. The number of aryl methyl sites for hydroxylation is 1. The van der Waals surface area contributed by atoms with Gasteiger partial charge in [0.2, 0.25) is 0 Å². The monoisotopic (exact) mass is 318 g/mol. The number of phenols is 1. The van der Waals surface area contributed by atoms with Crippen molar-refractivity contribution in [1.82, 2.24) is 0 Å². The summed E-state index contributed by atoms with van der Waals surface area (Å²) in [6, 6.07) is 3.96. The van der Waals surface area contributed by atoms with E-state index in [0.717, 1.165) is 47.3 Å². The Hall–Kier alpha value is -1.48. The van der Waals surface area contributed by atoms with Crippen LogP contribution in [0, 0.1) is 0 Å². The lowest BCUT2D eigenvalue weighted by atomic mass is 9.83. The molecule has 3 nitrogen and oxygen atoms in total. The molecule has 128 valence electrons. The first-order valence-corrected chi connectivity index (χ1v) is 8.77. The van der Waals surface area contributed by atoms with E-state index in [4.69, 9.17) is 9.84 Å². The van der Waals surface area contributed by atoms with Crippen LogP contribution in [0.4, 0.5) is 0 Å². The van der Waals surface area contributed by atoms with E-state index in [1.165, 1.54) is 12.8 Å². The lowest BCUT2D eigenvalue weighted by Gasteiger charge is -2.37. The highest BCUT2D eigenvalue weighted by Gasteiger charge is 2.34. The zero-order chi connectivity index (χ0) is 17.0. The highest BCUT2D eigenvalue weighted by Crippen LogP contribution is 2.46. The molecule has 0 atom stereocenters. The van der Waals surface area contributed by atoms with Gasteiger partial charge in [-0.05, 0) is 75.3 Å². The smallest absolute Gasteiger partial charge is 0.132 e. The fraction of sp³-hybridized carbons (Fsp3) is 0.600. The predicted molar refractivity (Wildman–Crippen MR) is 95.0 cm³/mol. The third kappa shape index (κ3) is 3.89. The summed E-state index contributed by atoms with van der Waals surface area (Å²) in [7, 11) is 0. The molecule has 2 rings (SSSR count). The fourth-order valence-corrected chi connectivity index (χ4v) is 3.52. The molecule has 3 heteroatoms. The molecule has 23 heavy (non-hydrogen) atoms. The number of aromatic hydroxyl groups is 1. The van der Waals surface area contributed by atoms with Crippen LogP contribution in [0.1, 0.15) is 70.9 Å². The minimum absolute atomic E-state index is 0.169. The van der Waals surface area contributed by atoms with Gasteiger partial charge in [0.15, 0.2) is 0 Å². The van der Waals surface area contributed by atoms with Crippen molar-refractivity contribution < 1.29 is 14.9 Å². The summed E-state index contributed by atoms with van der Waals surface area (Å²) < 4.78 is 6.23. The van der Waals surface area contributed by atoms with Crippen LogP contribution in [0.5, 0.6) is 11.5 Å². The van der Waals surface area contributed by atoms with Gasteiger partial charge in [-0.3, -0.25) is 0 Å². The number of benzene rings is 1. The number of hydrogen-bond donors (Lipinski definition) is 2. The molecule has 1 aliphatic heterocycles. The minimum atomic E-state index is -0.402. The maximum absolute atomic E-state index is 10.5. The van der Waals surface area contributed by atoms with Crippen LogP contribution < -0.4 is 4.74 Å². The fourth-order valence-electron chi connectivity index (χ4n) is 3.52. The van der Waals surface area contributed by atoms with Crippen molar-refractivity contribution in [3.05, 3.63) is 28.8 Å². The third-order valence-electron chi connectivity index (χ3n) is 4.71. The largest absolute Gasteiger partial charge is 0.507 e. The van der Waals surface area contributed by atoms with Crippen molar-refractivity contribution in [1.29, 1.82) is 0 Å². The van der Waals surface area contributed by atoms with Gasteiger partial charge in [-0.25, -0.2) is 0 Å². The molecule has 0 radical (unpaired) electrons. The van der Waals surface area contributed by atoms with Gasteiger partial charge in [0, 0.05) is 6.61 Å². The van der Waals surface area contributed by atoms with Crippen molar-refractivity contribution in [2.75, 3.05) is 6.61 Å². The van der Waals surface area contributed by atoms with E-state index in [-0.39, 0.29) is 6.61 Å². The number of unbranched alkanes of at least 4 members (excludes halogenated alkanes) is 2. The normalized spacial score (nSPS) is 16.2. The Labute approximate surface area is 140 Å². The molecule has 0 saturated carbocycles. The first-order chi connectivity index (χ1) is 10.9. The number of hydrogen-bond acceptors (Lipinski definition) is 3. The Morgan fingerprint density at radius 2 is 1.83 bits per heavy atom. The number of rotatable bonds is 7. The van der Waals surface area contributed by atoms with Gasteiger partial charge >= 0.3 is 0 Å². The molecule has 1 heterocycles. The number of aliphatic hydroxyl groups is 1. The SMILES string of the molecule is CCCCCc1cc(O)c2c(c1)OC(C)(C)C(CCCO)=C2C. The quantitative estimate of drug-likeness (QED) is 0.707.